The second-order valence-corrected chi connectivity index (χ2v) is 11.9. The van der Waals surface area contributed by atoms with Gasteiger partial charge in [-0.05, 0) is 29.8 Å². The minimum absolute atomic E-state index is 0.327. The van der Waals surface area contributed by atoms with Crippen LogP contribution in [-0.2, 0) is 0 Å². The number of aliphatic imine (C=N–C) groups is 2. The van der Waals surface area contributed by atoms with E-state index in [1.165, 1.54) is 0 Å². The number of nitrogens with one attached hydrogen (secondary N) is 1. The second-order valence-electron chi connectivity index (χ2n) is 11.9. The third-order valence-corrected chi connectivity index (χ3v) is 8.75. The summed E-state index contributed by atoms with van der Waals surface area (Å²) in [6.45, 7) is 0. The molecule has 9 rings (SSSR count). The van der Waals surface area contributed by atoms with Gasteiger partial charge in [-0.3, -0.25) is 0 Å². The van der Waals surface area contributed by atoms with Crippen molar-refractivity contribution in [3.63, 3.8) is 0 Å². The highest BCUT2D eigenvalue weighted by Gasteiger charge is 2.24. The van der Waals surface area contributed by atoms with Crippen molar-refractivity contribution in [1.82, 2.24) is 15.3 Å². The molecule has 1 atom stereocenters. The summed E-state index contributed by atoms with van der Waals surface area (Å²) in [6, 6.07) is 55.1. The lowest BCUT2D eigenvalue weighted by Gasteiger charge is -2.23. The molecule has 1 aliphatic rings. The summed E-state index contributed by atoms with van der Waals surface area (Å²) >= 11 is 0. The molecular weight excluding hydrogens is 603 g/mol. The van der Waals surface area contributed by atoms with Crippen molar-refractivity contribution in [3.05, 3.63) is 180 Å². The molecule has 6 heteroatoms. The summed E-state index contributed by atoms with van der Waals surface area (Å²) in [5, 5.41) is 5.56. The summed E-state index contributed by atoms with van der Waals surface area (Å²) in [4.78, 5) is 20.5. The van der Waals surface area contributed by atoms with E-state index in [1.807, 2.05) is 103 Å². The first kappa shape index (κ1) is 28.6. The summed E-state index contributed by atoms with van der Waals surface area (Å²) in [6.07, 6.45) is -0.327. The largest absolute Gasteiger partial charge is 0.456 e. The van der Waals surface area contributed by atoms with E-state index in [0.29, 0.717) is 11.7 Å². The van der Waals surface area contributed by atoms with Gasteiger partial charge in [0.2, 0.25) is 0 Å². The predicted octanol–water partition coefficient (Wildman–Crippen LogP) is 9.87. The van der Waals surface area contributed by atoms with E-state index in [9.17, 15) is 0 Å². The molecule has 0 saturated heterocycles. The Hall–Kier alpha value is -6.66. The monoisotopic (exact) mass is 631 g/mol. The van der Waals surface area contributed by atoms with Gasteiger partial charge in [0.25, 0.3) is 0 Å². The fourth-order valence-electron chi connectivity index (χ4n) is 6.37. The van der Waals surface area contributed by atoms with Crippen molar-refractivity contribution >= 4 is 33.6 Å². The van der Waals surface area contributed by atoms with Crippen LogP contribution in [0.5, 0.6) is 0 Å². The van der Waals surface area contributed by atoms with Crippen LogP contribution in [0.1, 0.15) is 22.9 Å². The lowest BCUT2D eigenvalue weighted by Crippen LogP contribution is -2.33. The third-order valence-electron chi connectivity index (χ3n) is 8.75. The number of fused-ring (bicyclic) bond motifs is 3. The van der Waals surface area contributed by atoms with Gasteiger partial charge in [-0.2, -0.15) is 0 Å². The molecule has 1 aliphatic heterocycles. The Morgan fingerprint density at radius 3 is 1.86 bits per heavy atom. The van der Waals surface area contributed by atoms with E-state index >= 15 is 0 Å². The van der Waals surface area contributed by atoms with Gasteiger partial charge in [-0.25, -0.2) is 20.0 Å². The summed E-state index contributed by atoms with van der Waals surface area (Å²) in [7, 11) is 0. The summed E-state index contributed by atoms with van der Waals surface area (Å²) < 4.78 is 6.54. The van der Waals surface area contributed by atoms with Gasteiger partial charge >= 0.3 is 0 Å². The second kappa shape index (κ2) is 12.2. The average molecular weight is 632 g/mol. The quantitative estimate of drug-likeness (QED) is 0.198. The maximum Gasteiger partial charge on any atom is 0.160 e. The van der Waals surface area contributed by atoms with Gasteiger partial charge in [-0.1, -0.05) is 140 Å². The van der Waals surface area contributed by atoms with Crippen molar-refractivity contribution < 1.29 is 4.42 Å². The first-order valence-electron chi connectivity index (χ1n) is 16.3. The lowest BCUT2D eigenvalue weighted by molar-refractivity contribution is 0.667. The highest BCUT2D eigenvalue weighted by Crippen LogP contribution is 2.39. The molecule has 0 saturated carbocycles. The van der Waals surface area contributed by atoms with Crippen LogP contribution in [0.2, 0.25) is 0 Å². The van der Waals surface area contributed by atoms with Crippen LogP contribution < -0.4 is 5.32 Å². The first-order chi connectivity index (χ1) is 24.3. The van der Waals surface area contributed by atoms with E-state index in [-0.39, 0.29) is 6.17 Å². The number of hydrogen-bond acceptors (Lipinski definition) is 6. The molecule has 49 heavy (non-hydrogen) atoms. The van der Waals surface area contributed by atoms with E-state index in [4.69, 9.17) is 24.4 Å². The molecule has 0 radical (unpaired) electrons. The minimum Gasteiger partial charge on any atom is -0.456 e. The molecule has 0 bridgehead atoms. The average Bonchev–Trinajstić information content (AvgIpc) is 3.57. The Morgan fingerprint density at radius 2 is 1.12 bits per heavy atom. The molecule has 1 N–H and O–H groups in total. The summed E-state index contributed by atoms with van der Waals surface area (Å²) in [5.74, 6) is 2.01. The van der Waals surface area contributed by atoms with Crippen LogP contribution in [0, 0.1) is 0 Å². The molecule has 2 aromatic heterocycles. The van der Waals surface area contributed by atoms with Crippen molar-refractivity contribution in [3.8, 4) is 33.9 Å². The van der Waals surface area contributed by atoms with Crippen LogP contribution in [0.4, 0.5) is 0 Å². The molecular formula is C43H29N5O. The van der Waals surface area contributed by atoms with Crippen LogP contribution in [-0.4, -0.2) is 21.6 Å². The zero-order valence-electron chi connectivity index (χ0n) is 26.4. The van der Waals surface area contributed by atoms with E-state index in [0.717, 1.165) is 72.5 Å². The number of nitrogens with zero attached hydrogens (tertiary/aromatic N) is 4. The number of hydrogen-bond donors (Lipinski definition) is 1. The Labute approximate surface area is 283 Å². The molecule has 0 aliphatic carbocycles. The fraction of sp³-hybridized carbons (Fsp3) is 0.0233. The topological polar surface area (TPSA) is 75.7 Å². The molecule has 6 nitrogen and oxygen atoms in total. The number of aromatic nitrogens is 2. The third kappa shape index (κ3) is 5.45. The van der Waals surface area contributed by atoms with E-state index in [2.05, 4.69) is 66.0 Å². The van der Waals surface area contributed by atoms with Gasteiger partial charge in [0.15, 0.2) is 11.7 Å². The lowest BCUT2D eigenvalue weighted by atomic mass is 9.98. The van der Waals surface area contributed by atoms with Gasteiger partial charge in [0, 0.05) is 38.6 Å². The number of furan rings is 1. The van der Waals surface area contributed by atoms with Crippen LogP contribution in [0.3, 0.4) is 0 Å². The van der Waals surface area contributed by atoms with Crippen molar-refractivity contribution in [2.45, 2.75) is 6.17 Å². The maximum absolute atomic E-state index is 6.54. The molecule has 0 spiro atoms. The Morgan fingerprint density at radius 1 is 0.510 bits per heavy atom. The predicted molar refractivity (Wildman–Crippen MR) is 197 cm³/mol. The molecule has 8 aromatic rings. The van der Waals surface area contributed by atoms with E-state index < -0.39 is 0 Å². The van der Waals surface area contributed by atoms with Crippen LogP contribution in [0.15, 0.2) is 178 Å². The first-order valence-corrected chi connectivity index (χ1v) is 16.3. The highest BCUT2D eigenvalue weighted by atomic mass is 16.3. The highest BCUT2D eigenvalue weighted by molar-refractivity contribution is 6.18. The standard InChI is InChI=1S/C43H29N5O/c1-5-15-28(16-6-1)35-27-36(45-40(44-35)29-17-7-2-8-18-29)34-25-32(26-38-39(34)33-23-13-14-24-37(33)49-38)43-47-41(30-19-9-3-10-20-30)46-42(48-43)31-21-11-4-12-22-31/h1-27,41H,(H,46,47,48). The molecule has 0 fully saturated rings. The van der Waals surface area contributed by atoms with Gasteiger partial charge in [0.05, 0.1) is 11.4 Å². The zero-order chi connectivity index (χ0) is 32.6. The minimum atomic E-state index is -0.327. The molecule has 1 unspecified atom stereocenters. The van der Waals surface area contributed by atoms with E-state index in [1.54, 1.807) is 0 Å². The molecule has 0 amide bonds. The Kier molecular flexibility index (Phi) is 7.09. The smallest absolute Gasteiger partial charge is 0.160 e. The molecule has 3 heterocycles. The van der Waals surface area contributed by atoms with Crippen molar-refractivity contribution in [2.75, 3.05) is 0 Å². The Bertz CT molecular complexity index is 2450. The molecule has 6 aromatic carbocycles. The molecule has 232 valence electrons. The summed E-state index contributed by atoms with van der Waals surface area (Å²) in [5.41, 5.74) is 8.90. The van der Waals surface area contributed by atoms with Crippen molar-refractivity contribution in [1.29, 1.82) is 0 Å². The number of benzene rings is 6. The fourth-order valence-corrected chi connectivity index (χ4v) is 6.37. The zero-order valence-corrected chi connectivity index (χ0v) is 26.4. The van der Waals surface area contributed by atoms with Gasteiger partial charge in [-0.15, -0.1) is 0 Å². The van der Waals surface area contributed by atoms with Crippen LogP contribution >= 0.6 is 0 Å². The van der Waals surface area contributed by atoms with Crippen molar-refractivity contribution in [2.24, 2.45) is 9.98 Å². The maximum atomic E-state index is 6.54. The Balaban J connectivity index is 1.30. The SMILES string of the molecule is c1ccc(C2=NC(c3cc(-c4cc(-c5ccccc5)nc(-c5ccccc5)n4)c4c(c3)oc3ccccc34)=NC(c3ccccc3)N2)cc1. The number of amidine groups is 2. The number of rotatable bonds is 6. The number of para-hydroxylation sites is 1. The van der Waals surface area contributed by atoms with Gasteiger partial charge < -0.3 is 9.73 Å². The normalized spacial score (nSPS) is 14.3. The van der Waals surface area contributed by atoms with Crippen LogP contribution in [0.25, 0.3) is 55.8 Å². The van der Waals surface area contributed by atoms with Gasteiger partial charge in [0.1, 0.15) is 23.2 Å².